The second-order valence-corrected chi connectivity index (χ2v) is 15.5. The average Bonchev–Trinajstić information content (AvgIpc) is 3.84. The lowest BCUT2D eigenvalue weighted by molar-refractivity contribution is -0.141. The lowest BCUT2D eigenvalue weighted by Crippen LogP contribution is -2.36. The van der Waals surface area contributed by atoms with Gasteiger partial charge in [-0.1, -0.05) is 146 Å². The van der Waals surface area contributed by atoms with E-state index >= 15 is 0 Å². The van der Waals surface area contributed by atoms with E-state index in [9.17, 15) is 9.59 Å². The monoisotopic (exact) mass is 718 g/mol. The number of amides is 1. The minimum atomic E-state index is -1.06. The zero-order chi connectivity index (χ0) is 35.6. The first-order valence-corrected chi connectivity index (χ1v) is 19.1. The summed E-state index contributed by atoms with van der Waals surface area (Å²) in [6.07, 6.45) is 10.8. The minimum absolute atomic E-state index is 0.230. The number of hydrogen-bond donors (Lipinski definition) is 1. The molecule has 0 aromatic heterocycles. The van der Waals surface area contributed by atoms with Gasteiger partial charge < -0.3 is 10.0 Å². The van der Waals surface area contributed by atoms with Crippen LogP contribution in [0.4, 0.5) is 11.4 Å². The number of fused-ring (bicyclic) bond motifs is 3. The largest absolute Gasteiger partial charge is 0.480 e. The van der Waals surface area contributed by atoms with Crippen molar-refractivity contribution in [3.63, 3.8) is 0 Å². The SMILES string of the molecule is O=C(O)CN1C(=O)C(Cc2ccc(C=Cc3ccc4c(c3)C3CCCC3N4c3ccc(C=C(c4ccccc4)c4ccccc4)cc3)cc2)SC1=S. The molecule has 5 nitrogen and oxygen atoms in total. The number of carboxylic acid groups (broad SMARTS) is 1. The van der Waals surface area contributed by atoms with Gasteiger partial charge in [0, 0.05) is 23.3 Å². The lowest BCUT2D eigenvalue weighted by atomic mass is 9.95. The van der Waals surface area contributed by atoms with E-state index in [-0.39, 0.29) is 17.7 Å². The standard InChI is InChI=1S/C45H38N2O3S2/c48-43(49)29-46-44(50)42(52-45(46)51)28-33-18-15-30(16-19-33)14-17-31-22-25-41-39(27-31)37-12-7-13-40(37)47(41)36-23-20-32(21-24-36)26-38(34-8-3-1-4-9-34)35-10-5-2-6-11-35/h1-6,8-11,14-27,37,40,42H,7,12-13,28-29H2,(H,48,49). The number of carboxylic acids is 1. The quantitative estimate of drug-likeness (QED) is 0.115. The zero-order valence-electron chi connectivity index (χ0n) is 28.6. The first-order valence-electron chi connectivity index (χ1n) is 17.8. The number of aliphatic carboxylic acids is 1. The molecule has 3 unspecified atom stereocenters. The van der Waals surface area contributed by atoms with Crippen LogP contribution in [-0.4, -0.2) is 44.0 Å². The molecule has 1 saturated heterocycles. The number of thioether (sulfide) groups is 1. The van der Waals surface area contributed by atoms with Gasteiger partial charge in [0.15, 0.2) is 0 Å². The Hall–Kier alpha value is -5.24. The summed E-state index contributed by atoms with van der Waals surface area (Å²) in [4.78, 5) is 27.6. The smallest absolute Gasteiger partial charge is 0.323 e. The van der Waals surface area contributed by atoms with E-state index in [0.717, 1.165) is 11.1 Å². The van der Waals surface area contributed by atoms with Crippen LogP contribution >= 0.6 is 24.0 Å². The van der Waals surface area contributed by atoms with Gasteiger partial charge in [0.05, 0.1) is 5.25 Å². The molecule has 1 amide bonds. The van der Waals surface area contributed by atoms with Gasteiger partial charge in [-0.2, -0.15) is 0 Å². The lowest BCUT2D eigenvalue weighted by Gasteiger charge is -2.27. The number of benzene rings is 5. The Balaban J connectivity index is 0.982. The van der Waals surface area contributed by atoms with Crippen LogP contribution in [0, 0.1) is 0 Å². The van der Waals surface area contributed by atoms with E-state index in [1.165, 1.54) is 80.7 Å². The van der Waals surface area contributed by atoms with E-state index in [1.807, 2.05) is 12.1 Å². The highest BCUT2D eigenvalue weighted by molar-refractivity contribution is 8.24. The predicted molar refractivity (Wildman–Crippen MR) is 218 cm³/mol. The second-order valence-electron chi connectivity index (χ2n) is 13.6. The molecule has 8 rings (SSSR count). The van der Waals surface area contributed by atoms with Gasteiger partial charge in [-0.05, 0) is 94.1 Å². The molecule has 0 spiro atoms. The highest BCUT2D eigenvalue weighted by atomic mass is 32.2. The Labute approximate surface area is 314 Å². The Kier molecular flexibility index (Phi) is 9.63. The van der Waals surface area contributed by atoms with Gasteiger partial charge in [-0.25, -0.2) is 0 Å². The third kappa shape index (κ3) is 6.99. The Morgan fingerprint density at radius 3 is 2.10 bits per heavy atom. The molecule has 2 heterocycles. The van der Waals surface area contributed by atoms with E-state index < -0.39 is 5.97 Å². The fourth-order valence-corrected chi connectivity index (χ4v) is 9.39. The Bertz CT molecular complexity index is 2140. The van der Waals surface area contributed by atoms with Crippen LogP contribution in [0.15, 0.2) is 127 Å². The van der Waals surface area contributed by atoms with Crippen LogP contribution in [-0.2, 0) is 16.0 Å². The third-order valence-corrected chi connectivity index (χ3v) is 11.9. The van der Waals surface area contributed by atoms with Crippen molar-refractivity contribution in [1.82, 2.24) is 4.90 Å². The van der Waals surface area contributed by atoms with Gasteiger partial charge in [0.1, 0.15) is 10.9 Å². The molecule has 1 saturated carbocycles. The van der Waals surface area contributed by atoms with Crippen molar-refractivity contribution in [3.05, 3.63) is 166 Å². The molecule has 1 N–H and O–H groups in total. The summed E-state index contributed by atoms with van der Waals surface area (Å²) in [5, 5.41) is 8.72. The Morgan fingerprint density at radius 1 is 0.788 bits per heavy atom. The molecular formula is C45H38N2O3S2. The number of nitrogens with zero attached hydrogens (tertiary/aromatic N) is 2. The van der Waals surface area contributed by atoms with E-state index in [1.54, 1.807) is 0 Å². The van der Waals surface area contributed by atoms with Crippen molar-refractivity contribution >= 4 is 75.4 Å². The molecule has 258 valence electrons. The summed E-state index contributed by atoms with van der Waals surface area (Å²) < 4.78 is 0.334. The Morgan fingerprint density at radius 2 is 1.42 bits per heavy atom. The molecule has 0 bridgehead atoms. The topological polar surface area (TPSA) is 60.9 Å². The van der Waals surface area contributed by atoms with Crippen LogP contribution in [0.2, 0.25) is 0 Å². The fraction of sp³-hybridized carbons (Fsp3) is 0.178. The summed E-state index contributed by atoms with van der Waals surface area (Å²) >= 11 is 6.52. The molecule has 0 radical (unpaired) electrons. The van der Waals surface area contributed by atoms with Crippen molar-refractivity contribution in [2.45, 2.75) is 42.9 Å². The highest BCUT2D eigenvalue weighted by Gasteiger charge is 2.42. The average molecular weight is 719 g/mol. The molecule has 5 aromatic rings. The molecule has 3 aliphatic rings. The maximum Gasteiger partial charge on any atom is 0.323 e. The summed E-state index contributed by atoms with van der Waals surface area (Å²) in [6.45, 7) is -0.385. The molecule has 1 aliphatic carbocycles. The van der Waals surface area contributed by atoms with Gasteiger partial charge >= 0.3 is 5.97 Å². The third-order valence-electron chi connectivity index (χ3n) is 10.3. The number of hydrogen-bond acceptors (Lipinski definition) is 5. The molecular weight excluding hydrogens is 681 g/mol. The molecule has 7 heteroatoms. The molecule has 52 heavy (non-hydrogen) atoms. The summed E-state index contributed by atoms with van der Waals surface area (Å²) in [5.74, 6) is -0.764. The molecule has 2 aliphatic heterocycles. The van der Waals surface area contributed by atoms with Gasteiger partial charge in [0.2, 0.25) is 5.91 Å². The highest BCUT2D eigenvalue weighted by Crippen LogP contribution is 2.52. The van der Waals surface area contributed by atoms with E-state index in [0.29, 0.717) is 22.7 Å². The van der Waals surface area contributed by atoms with Crippen LogP contribution < -0.4 is 4.90 Å². The van der Waals surface area contributed by atoms with Crippen molar-refractivity contribution in [2.24, 2.45) is 0 Å². The van der Waals surface area contributed by atoms with Gasteiger partial charge in [-0.3, -0.25) is 14.5 Å². The molecule has 3 atom stereocenters. The summed E-state index contributed by atoms with van der Waals surface area (Å²) in [6, 6.07) is 45.8. The molecule has 5 aromatic carbocycles. The van der Waals surface area contributed by atoms with Gasteiger partial charge in [-0.15, -0.1) is 0 Å². The first-order chi connectivity index (χ1) is 25.4. The van der Waals surface area contributed by atoms with E-state index in [2.05, 4.69) is 138 Å². The van der Waals surface area contributed by atoms with Crippen LogP contribution in [0.25, 0.3) is 23.8 Å². The van der Waals surface area contributed by atoms with Crippen molar-refractivity contribution in [2.75, 3.05) is 11.4 Å². The number of rotatable bonds is 10. The van der Waals surface area contributed by atoms with Crippen molar-refractivity contribution in [3.8, 4) is 0 Å². The van der Waals surface area contributed by atoms with Crippen LogP contribution in [0.5, 0.6) is 0 Å². The molecule has 2 fully saturated rings. The number of anilines is 2. The van der Waals surface area contributed by atoms with Crippen LogP contribution in [0.3, 0.4) is 0 Å². The number of carbonyl (C=O) groups is 2. The normalized spacial score (nSPS) is 19.3. The van der Waals surface area contributed by atoms with Gasteiger partial charge in [0.25, 0.3) is 0 Å². The maximum atomic E-state index is 12.7. The number of thiocarbonyl (C=S) groups is 1. The summed E-state index contributed by atoms with van der Waals surface area (Å²) in [5.41, 5.74) is 12.1. The van der Waals surface area contributed by atoms with E-state index in [4.69, 9.17) is 17.3 Å². The number of carbonyl (C=O) groups excluding carboxylic acids is 1. The zero-order valence-corrected chi connectivity index (χ0v) is 30.2. The first kappa shape index (κ1) is 33.9. The maximum absolute atomic E-state index is 12.7. The fourth-order valence-electron chi connectivity index (χ4n) is 7.86. The second kappa shape index (κ2) is 14.8. The summed E-state index contributed by atoms with van der Waals surface area (Å²) in [7, 11) is 0. The predicted octanol–water partition coefficient (Wildman–Crippen LogP) is 10.1. The van der Waals surface area contributed by atoms with Crippen molar-refractivity contribution in [1.29, 1.82) is 0 Å². The van der Waals surface area contributed by atoms with Crippen LogP contribution in [0.1, 0.15) is 64.1 Å². The van der Waals surface area contributed by atoms with Crippen molar-refractivity contribution < 1.29 is 14.7 Å². The minimum Gasteiger partial charge on any atom is -0.480 e.